The fourth-order valence-electron chi connectivity index (χ4n) is 6.73. The molecule has 0 spiro atoms. The summed E-state index contributed by atoms with van der Waals surface area (Å²) in [5.74, 6) is -1.90. The summed E-state index contributed by atoms with van der Waals surface area (Å²) in [7, 11) is 2.68. The van der Waals surface area contributed by atoms with E-state index in [4.69, 9.17) is 25.2 Å². The zero-order valence-electron chi connectivity index (χ0n) is 27.5. The molecule has 0 fully saturated rings. The van der Waals surface area contributed by atoms with Crippen molar-refractivity contribution in [2.45, 2.75) is 72.1 Å². The summed E-state index contributed by atoms with van der Waals surface area (Å²) in [6.07, 6.45) is 2.99. The number of carbonyl (C=O) groups is 3. The van der Waals surface area contributed by atoms with Crippen LogP contribution in [0.15, 0.2) is 24.8 Å². The first-order valence-corrected chi connectivity index (χ1v) is 15.5. The minimum absolute atomic E-state index is 0.141. The van der Waals surface area contributed by atoms with E-state index in [1.807, 2.05) is 45.0 Å². The number of amides is 1. The molecule has 0 aromatic carbocycles. The molecule has 0 saturated heterocycles. The van der Waals surface area contributed by atoms with Gasteiger partial charge in [-0.05, 0) is 74.1 Å². The molecule has 0 aliphatic carbocycles. The maximum atomic E-state index is 13.1. The number of carbonyl (C=O) groups excluding carboxylic acids is 3. The van der Waals surface area contributed by atoms with Crippen molar-refractivity contribution in [3.63, 3.8) is 0 Å². The number of aromatic amines is 2. The standard InChI is InChI=1S/C36H41N5O5/c1-9-21-17(3)25-14-27-19(5)23(11-12-31(42)45-7)34(40-27)24(13-32(43)46-8)35-33(36(37)44)20(6)28(41-35)16-30-22(10-2)18(4)26(39-30)15-29(21)38-25/h9,14-16,19,23,38,41H,1,10-13H2,2-8H3,(H2,37,44). The molecular weight excluding hydrogens is 582 g/mol. The van der Waals surface area contributed by atoms with Gasteiger partial charge < -0.3 is 25.2 Å². The molecule has 2 aliphatic heterocycles. The molecule has 2 atom stereocenters. The number of primary amides is 1. The molecule has 2 unspecified atom stereocenters. The van der Waals surface area contributed by atoms with Crippen LogP contribution in [-0.2, 0) is 25.5 Å². The molecule has 5 rings (SSSR count). The third kappa shape index (κ3) is 5.63. The van der Waals surface area contributed by atoms with Gasteiger partial charge in [0.15, 0.2) is 0 Å². The number of rotatable bonds is 8. The molecule has 240 valence electrons. The Morgan fingerprint density at radius 2 is 1.63 bits per heavy atom. The Kier molecular flexibility index (Phi) is 9.01. The number of ether oxygens (including phenoxy) is 2. The van der Waals surface area contributed by atoms with Gasteiger partial charge in [0.25, 0.3) is 5.91 Å². The third-order valence-electron chi connectivity index (χ3n) is 9.42. The summed E-state index contributed by atoms with van der Waals surface area (Å²) < 4.78 is 10.1. The predicted molar refractivity (Wildman–Crippen MR) is 180 cm³/mol. The number of fused-ring (bicyclic) bond motifs is 8. The zero-order chi connectivity index (χ0) is 33.4. The van der Waals surface area contributed by atoms with E-state index in [1.54, 1.807) is 0 Å². The van der Waals surface area contributed by atoms with Gasteiger partial charge in [0.05, 0.1) is 48.8 Å². The van der Waals surface area contributed by atoms with Crippen molar-refractivity contribution in [1.82, 2.24) is 19.9 Å². The highest BCUT2D eigenvalue weighted by atomic mass is 16.5. The monoisotopic (exact) mass is 623 g/mol. The van der Waals surface area contributed by atoms with Crippen LogP contribution in [0.2, 0.25) is 0 Å². The number of nitrogens with zero attached hydrogens (tertiary/aromatic N) is 2. The number of nitrogens with one attached hydrogen (secondary N) is 2. The van der Waals surface area contributed by atoms with Crippen LogP contribution in [0.5, 0.6) is 0 Å². The number of methoxy groups -OCH3 is 2. The van der Waals surface area contributed by atoms with E-state index in [1.165, 1.54) is 14.2 Å². The maximum absolute atomic E-state index is 13.1. The van der Waals surface area contributed by atoms with E-state index in [0.717, 1.165) is 56.8 Å². The number of hydrogen-bond acceptors (Lipinski definition) is 7. The van der Waals surface area contributed by atoms with E-state index >= 15 is 0 Å². The molecule has 0 radical (unpaired) electrons. The van der Waals surface area contributed by atoms with Crippen molar-refractivity contribution < 1.29 is 23.9 Å². The SMILES string of the molecule is C=Cc1c(C)c2cc3nc(c(CC(=O)OC)c4[nH]c(cc5nc(cc1[nH]2)C(C)=C5CC)c(C)c4C(N)=O)C(CCC(=O)OC)C3C. The predicted octanol–water partition coefficient (Wildman–Crippen LogP) is 6.57. The van der Waals surface area contributed by atoms with Crippen LogP contribution in [0, 0.1) is 13.8 Å². The lowest BCUT2D eigenvalue weighted by atomic mass is 9.85. The number of aromatic nitrogens is 4. The topological polar surface area (TPSA) is 153 Å². The number of aryl methyl sites for hydroxylation is 2. The summed E-state index contributed by atoms with van der Waals surface area (Å²) in [6, 6.07) is 5.97. The number of esters is 2. The first-order valence-electron chi connectivity index (χ1n) is 15.5. The molecule has 1 amide bonds. The second-order valence-corrected chi connectivity index (χ2v) is 11.9. The summed E-state index contributed by atoms with van der Waals surface area (Å²) in [5.41, 5.74) is 17.3. The summed E-state index contributed by atoms with van der Waals surface area (Å²) in [5, 5.41) is 0. The molecule has 8 bridgehead atoms. The first kappa shape index (κ1) is 32.4. The van der Waals surface area contributed by atoms with Gasteiger partial charge in [-0.3, -0.25) is 19.4 Å². The Morgan fingerprint density at radius 1 is 0.957 bits per heavy atom. The molecule has 46 heavy (non-hydrogen) atoms. The van der Waals surface area contributed by atoms with Crippen LogP contribution in [0.4, 0.5) is 0 Å². The summed E-state index contributed by atoms with van der Waals surface area (Å²) in [6.45, 7) is 14.1. The average molecular weight is 624 g/mol. The van der Waals surface area contributed by atoms with Gasteiger partial charge in [0.1, 0.15) is 0 Å². The van der Waals surface area contributed by atoms with Crippen molar-refractivity contribution in [3.8, 4) is 0 Å². The number of nitrogens with two attached hydrogens (primary N) is 1. The number of allylic oxidation sites excluding steroid dienone is 2. The fraction of sp³-hybridized carbons (Fsp3) is 0.361. The average Bonchev–Trinajstić information content (AvgIpc) is 3.71. The van der Waals surface area contributed by atoms with E-state index < -0.39 is 11.9 Å². The number of hydrogen-bond donors (Lipinski definition) is 3. The summed E-state index contributed by atoms with van der Waals surface area (Å²) in [4.78, 5) is 55.5. The van der Waals surface area contributed by atoms with Crippen molar-refractivity contribution in [3.05, 3.63) is 75.4 Å². The van der Waals surface area contributed by atoms with Crippen molar-refractivity contribution in [1.29, 1.82) is 0 Å². The lowest BCUT2D eigenvalue weighted by Crippen LogP contribution is -2.15. The van der Waals surface area contributed by atoms with Crippen LogP contribution in [0.3, 0.4) is 0 Å². The number of H-pyrrole nitrogens is 2. The van der Waals surface area contributed by atoms with Crippen molar-refractivity contribution >= 4 is 57.1 Å². The highest BCUT2D eigenvalue weighted by Crippen LogP contribution is 2.43. The van der Waals surface area contributed by atoms with Gasteiger partial charge in [-0.15, -0.1) is 0 Å². The Labute approximate surface area is 268 Å². The van der Waals surface area contributed by atoms with Gasteiger partial charge in [-0.2, -0.15) is 0 Å². The normalized spacial score (nSPS) is 16.0. The Bertz CT molecular complexity index is 1980. The highest BCUT2D eigenvalue weighted by molar-refractivity contribution is 6.05. The van der Waals surface area contributed by atoms with Gasteiger partial charge in [0, 0.05) is 51.6 Å². The molecule has 2 aliphatic rings. The fourth-order valence-corrected chi connectivity index (χ4v) is 6.73. The van der Waals surface area contributed by atoms with E-state index in [-0.39, 0.29) is 36.2 Å². The van der Waals surface area contributed by atoms with Crippen molar-refractivity contribution in [2.24, 2.45) is 5.73 Å². The quantitative estimate of drug-likeness (QED) is 0.240. The van der Waals surface area contributed by atoms with Crippen LogP contribution >= 0.6 is 0 Å². The minimum Gasteiger partial charge on any atom is -0.469 e. The summed E-state index contributed by atoms with van der Waals surface area (Å²) >= 11 is 0. The largest absolute Gasteiger partial charge is 0.469 e. The molecular formula is C36H41N5O5. The van der Waals surface area contributed by atoms with Gasteiger partial charge in [-0.25, -0.2) is 4.98 Å². The second kappa shape index (κ2) is 12.8. The van der Waals surface area contributed by atoms with Crippen LogP contribution < -0.4 is 5.73 Å². The molecule has 3 aromatic rings. The molecule has 4 N–H and O–H groups in total. The van der Waals surface area contributed by atoms with Gasteiger partial charge >= 0.3 is 11.9 Å². The molecule has 10 heteroatoms. The molecule has 3 aromatic heterocycles. The van der Waals surface area contributed by atoms with Crippen LogP contribution in [-0.4, -0.2) is 52.0 Å². The minimum atomic E-state index is -0.639. The van der Waals surface area contributed by atoms with E-state index in [0.29, 0.717) is 34.3 Å². The van der Waals surface area contributed by atoms with Crippen LogP contribution in [0.1, 0.15) is 107 Å². The molecule has 5 heterocycles. The maximum Gasteiger partial charge on any atom is 0.310 e. The molecule has 10 nitrogen and oxygen atoms in total. The third-order valence-corrected chi connectivity index (χ3v) is 9.42. The van der Waals surface area contributed by atoms with Gasteiger partial charge in [0.2, 0.25) is 0 Å². The Hall–Kier alpha value is -4.99. The Balaban J connectivity index is 2.02. The Morgan fingerprint density at radius 3 is 2.26 bits per heavy atom. The molecule has 0 saturated carbocycles. The first-order chi connectivity index (χ1) is 21.9. The van der Waals surface area contributed by atoms with Crippen molar-refractivity contribution in [2.75, 3.05) is 14.2 Å². The lowest BCUT2D eigenvalue weighted by molar-refractivity contribution is -0.141. The van der Waals surface area contributed by atoms with E-state index in [9.17, 15) is 14.4 Å². The zero-order valence-corrected chi connectivity index (χ0v) is 27.5. The van der Waals surface area contributed by atoms with Gasteiger partial charge in [-0.1, -0.05) is 26.5 Å². The van der Waals surface area contributed by atoms with Crippen LogP contribution in [0.25, 0.3) is 39.3 Å². The smallest absolute Gasteiger partial charge is 0.310 e. The van der Waals surface area contributed by atoms with E-state index in [2.05, 4.69) is 30.4 Å². The lowest BCUT2D eigenvalue weighted by Gasteiger charge is -2.17. The highest BCUT2D eigenvalue weighted by Gasteiger charge is 2.33. The second-order valence-electron chi connectivity index (χ2n) is 11.9.